The van der Waals surface area contributed by atoms with E-state index in [1.165, 1.54) is 25.5 Å². The van der Waals surface area contributed by atoms with E-state index in [1.807, 2.05) is 0 Å². The number of nitrogens with one attached hydrogen (secondary N) is 2. The monoisotopic (exact) mass is 435 g/mol. The van der Waals surface area contributed by atoms with Crippen LogP contribution in [0.15, 0.2) is 48.1 Å². The highest BCUT2D eigenvalue weighted by molar-refractivity contribution is 6.42. The van der Waals surface area contributed by atoms with Gasteiger partial charge in [-0.1, -0.05) is 29.3 Å². The maximum Gasteiger partial charge on any atom is 0.249 e. The number of carbonyl (C=O) groups excluding carboxylic acids is 2. The molecular formula is C20H19Cl2N3O4. The Bertz CT molecular complexity index is 961. The first-order valence-electron chi connectivity index (χ1n) is 8.41. The van der Waals surface area contributed by atoms with Gasteiger partial charge in [-0.2, -0.15) is 5.10 Å². The number of allylic oxidation sites excluding steroid dienone is 1. The molecule has 0 saturated heterocycles. The number of benzene rings is 2. The molecular weight excluding hydrogens is 417 g/mol. The number of phenols is 1. The minimum atomic E-state index is -0.601. The SMILES string of the molecule is C=CCc1cc(C=NNC(=O)CC(=O)Nc2ccc(Cl)c(Cl)c2)cc(OC)c1O. The zero-order valence-electron chi connectivity index (χ0n) is 15.5. The molecule has 0 unspecified atom stereocenters. The normalized spacial score (nSPS) is 10.6. The van der Waals surface area contributed by atoms with Crippen molar-refractivity contribution in [1.82, 2.24) is 5.43 Å². The van der Waals surface area contributed by atoms with E-state index in [4.69, 9.17) is 27.9 Å². The maximum atomic E-state index is 11.9. The highest BCUT2D eigenvalue weighted by Gasteiger charge is 2.11. The van der Waals surface area contributed by atoms with Gasteiger partial charge >= 0.3 is 0 Å². The van der Waals surface area contributed by atoms with E-state index < -0.39 is 18.2 Å². The number of hydrogen-bond acceptors (Lipinski definition) is 5. The number of methoxy groups -OCH3 is 1. The zero-order chi connectivity index (χ0) is 21.4. The number of amides is 2. The lowest BCUT2D eigenvalue weighted by Crippen LogP contribution is -2.24. The van der Waals surface area contributed by atoms with Crippen LogP contribution >= 0.6 is 23.2 Å². The van der Waals surface area contributed by atoms with Gasteiger partial charge in [-0.25, -0.2) is 5.43 Å². The van der Waals surface area contributed by atoms with Gasteiger partial charge in [-0.3, -0.25) is 9.59 Å². The van der Waals surface area contributed by atoms with Gasteiger partial charge in [0.05, 0.1) is 23.4 Å². The quantitative estimate of drug-likeness (QED) is 0.253. The van der Waals surface area contributed by atoms with Gasteiger partial charge in [-0.15, -0.1) is 6.58 Å². The third-order valence-corrected chi connectivity index (χ3v) is 4.43. The number of rotatable bonds is 8. The van der Waals surface area contributed by atoms with Gasteiger partial charge in [0.1, 0.15) is 6.42 Å². The third kappa shape index (κ3) is 6.51. The molecule has 0 atom stereocenters. The topological polar surface area (TPSA) is 100 Å². The second-order valence-corrected chi connectivity index (χ2v) is 6.69. The lowest BCUT2D eigenvalue weighted by Gasteiger charge is -2.09. The summed E-state index contributed by atoms with van der Waals surface area (Å²) in [4.78, 5) is 23.8. The summed E-state index contributed by atoms with van der Waals surface area (Å²) >= 11 is 11.7. The molecule has 0 heterocycles. The molecule has 7 nitrogen and oxygen atoms in total. The first-order valence-corrected chi connectivity index (χ1v) is 9.17. The van der Waals surface area contributed by atoms with E-state index in [-0.39, 0.29) is 11.5 Å². The van der Waals surface area contributed by atoms with E-state index in [0.717, 1.165) is 0 Å². The Labute approximate surface area is 178 Å². The van der Waals surface area contributed by atoms with Gasteiger partial charge < -0.3 is 15.2 Å². The second-order valence-electron chi connectivity index (χ2n) is 5.87. The van der Waals surface area contributed by atoms with Crippen LogP contribution in [0.1, 0.15) is 17.5 Å². The fourth-order valence-corrected chi connectivity index (χ4v) is 2.67. The Morgan fingerprint density at radius 2 is 1.97 bits per heavy atom. The summed E-state index contributed by atoms with van der Waals surface area (Å²) in [5, 5.41) is 17.1. The maximum absolute atomic E-state index is 11.9. The lowest BCUT2D eigenvalue weighted by molar-refractivity contribution is -0.126. The average molecular weight is 436 g/mol. The van der Waals surface area contributed by atoms with Crippen LogP contribution in [-0.4, -0.2) is 30.2 Å². The van der Waals surface area contributed by atoms with Crippen molar-refractivity contribution in [3.8, 4) is 11.5 Å². The predicted molar refractivity (Wildman–Crippen MR) is 114 cm³/mol. The number of hydrogen-bond donors (Lipinski definition) is 3. The largest absolute Gasteiger partial charge is 0.504 e. The molecule has 2 amide bonds. The van der Waals surface area contributed by atoms with Crippen LogP contribution in [0.5, 0.6) is 11.5 Å². The van der Waals surface area contributed by atoms with E-state index in [1.54, 1.807) is 24.3 Å². The minimum absolute atomic E-state index is 0.0209. The van der Waals surface area contributed by atoms with E-state index >= 15 is 0 Å². The fraction of sp³-hybridized carbons (Fsp3) is 0.150. The lowest BCUT2D eigenvalue weighted by atomic mass is 10.1. The van der Waals surface area contributed by atoms with E-state index in [0.29, 0.717) is 33.3 Å². The van der Waals surface area contributed by atoms with Crippen LogP contribution in [0.25, 0.3) is 0 Å². The smallest absolute Gasteiger partial charge is 0.249 e. The number of nitrogens with zero attached hydrogens (tertiary/aromatic N) is 1. The molecule has 0 aliphatic carbocycles. The number of aromatic hydroxyl groups is 1. The van der Waals surface area contributed by atoms with Crippen LogP contribution in [0.3, 0.4) is 0 Å². The van der Waals surface area contributed by atoms with Gasteiger partial charge in [-0.05, 0) is 42.3 Å². The number of phenolic OH excluding ortho intramolecular Hbond substituents is 1. The molecule has 2 rings (SSSR count). The first-order chi connectivity index (χ1) is 13.8. The van der Waals surface area contributed by atoms with Crippen molar-refractivity contribution >= 4 is 46.9 Å². The van der Waals surface area contributed by atoms with Gasteiger partial charge in [0.2, 0.25) is 11.8 Å². The standard InChI is InChI=1S/C20H19Cl2N3O4/c1-3-4-13-7-12(8-17(29-2)20(13)28)11-23-25-19(27)10-18(26)24-14-5-6-15(21)16(22)9-14/h3,5-9,11,28H,1,4,10H2,2H3,(H,24,26)(H,25,27). The number of hydrazone groups is 1. The van der Waals surface area contributed by atoms with Crippen molar-refractivity contribution < 1.29 is 19.4 Å². The summed E-state index contributed by atoms with van der Waals surface area (Å²) in [6.45, 7) is 3.64. The molecule has 9 heteroatoms. The summed E-state index contributed by atoms with van der Waals surface area (Å²) < 4.78 is 5.12. The molecule has 152 valence electrons. The van der Waals surface area contributed by atoms with Crippen LogP contribution in [-0.2, 0) is 16.0 Å². The zero-order valence-corrected chi connectivity index (χ0v) is 17.0. The molecule has 3 N–H and O–H groups in total. The molecule has 0 fully saturated rings. The Hall–Kier alpha value is -3.03. The minimum Gasteiger partial charge on any atom is -0.504 e. The highest BCUT2D eigenvalue weighted by atomic mass is 35.5. The first kappa shape index (κ1) is 22.3. The summed E-state index contributed by atoms with van der Waals surface area (Å²) in [6.07, 6.45) is 3.02. The molecule has 0 radical (unpaired) electrons. The molecule has 0 aromatic heterocycles. The molecule has 0 spiro atoms. The molecule has 0 saturated carbocycles. The number of halogens is 2. The van der Waals surface area contributed by atoms with Gasteiger partial charge in [0.25, 0.3) is 0 Å². The molecule has 29 heavy (non-hydrogen) atoms. The van der Waals surface area contributed by atoms with E-state index in [9.17, 15) is 14.7 Å². The molecule has 2 aromatic carbocycles. The van der Waals surface area contributed by atoms with Crippen LogP contribution in [0.4, 0.5) is 5.69 Å². The predicted octanol–water partition coefficient (Wildman–Crippen LogP) is 3.92. The Kier molecular flexibility index (Phi) is 8.06. The number of ether oxygens (including phenoxy) is 1. The molecule has 0 aliphatic heterocycles. The molecule has 2 aromatic rings. The van der Waals surface area contributed by atoms with Crippen molar-refractivity contribution in [2.24, 2.45) is 5.10 Å². The van der Waals surface area contributed by atoms with Crippen LogP contribution in [0, 0.1) is 0 Å². The van der Waals surface area contributed by atoms with Crippen molar-refractivity contribution in [3.05, 3.63) is 64.2 Å². The van der Waals surface area contributed by atoms with Crippen molar-refractivity contribution in [1.29, 1.82) is 0 Å². The Balaban J connectivity index is 1.95. The fourth-order valence-electron chi connectivity index (χ4n) is 2.37. The Morgan fingerprint density at radius 3 is 2.62 bits per heavy atom. The third-order valence-electron chi connectivity index (χ3n) is 3.69. The van der Waals surface area contributed by atoms with E-state index in [2.05, 4.69) is 22.4 Å². The molecule has 0 bridgehead atoms. The highest BCUT2D eigenvalue weighted by Crippen LogP contribution is 2.31. The van der Waals surface area contributed by atoms with Crippen molar-refractivity contribution in [3.63, 3.8) is 0 Å². The summed E-state index contributed by atoms with van der Waals surface area (Å²) in [6, 6.07) is 7.84. The van der Waals surface area contributed by atoms with Crippen LogP contribution < -0.4 is 15.5 Å². The molecule has 0 aliphatic rings. The summed E-state index contributed by atoms with van der Waals surface area (Å²) in [5.41, 5.74) is 3.89. The van der Waals surface area contributed by atoms with Crippen molar-refractivity contribution in [2.75, 3.05) is 12.4 Å². The number of carbonyl (C=O) groups is 2. The van der Waals surface area contributed by atoms with Gasteiger partial charge in [0.15, 0.2) is 11.5 Å². The van der Waals surface area contributed by atoms with Gasteiger partial charge in [0, 0.05) is 11.3 Å². The Morgan fingerprint density at radius 1 is 1.21 bits per heavy atom. The van der Waals surface area contributed by atoms with Crippen molar-refractivity contribution in [2.45, 2.75) is 12.8 Å². The van der Waals surface area contributed by atoms with Crippen LogP contribution in [0.2, 0.25) is 10.0 Å². The summed E-state index contributed by atoms with van der Waals surface area (Å²) in [7, 11) is 1.43. The summed E-state index contributed by atoms with van der Waals surface area (Å²) in [5.74, 6) is -0.836. The average Bonchev–Trinajstić information content (AvgIpc) is 2.67. The second kappa shape index (κ2) is 10.5. The number of anilines is 1.